The van der Waals surface area contributed by atoms with E-state index in [-0.39, 0.29) is 6.54 Å². The quantitative estimate of drug-likeness (QED) is 0.856. The number of alkyl halides is 3. The summed E-state index contributed by atoms with van der Waals surface area (Å²) in [6.07, 6.45) is -4.34. The number of nitrogens with one attached hydrogen (secondary N) is 1. The van der Waals surface area contributed by atoms with Gasteiger partial charge in [0.1, 0.15) is 5.69 Å². The molecular formula is C12H13F3N2. The van der Waals surface area contributed by atoms with Gasteiger partial charge in [0.15, 0.2) is 0 Å². The highest BCUT2D eigenvalue weighted by atomic mass is 19.4. The summed E-state index contributed by atoms with van der Waals surface area (Å²) in [5.41, 5.74) is 0.183. The molecule has 0 aliphatic rings. The van der Waals surface area contributed by atoms with Crippen LogP contribution in [0.4, 0.5) is 13.2 Å². The third kappa shape index (κ3) is 2.29. The smallest absolute Gasteiger partial charge is 0.351 e. The molecule has 0 unspecified atom stereocenters. The first kappa shape index (κ1) is 12.0. The average molecular weight is 242 g/mol. The van der Waals surface area contributed by atoms with Crippen LogP contribution in [0.25, 0.3) is 10.9 Å². The van der Waals surface area contributed by atoms with E-state index in [4.69, 9.17) is 0 Å². The minimum atomic E-state index is -4.34. The molecule has 2 rings (SSSR count). The van der Waals surface area contributed by atoms with Crippen LogP contribution in [0.1, 0.15) is 11.3 Å². The van der Waals surface area contributed by atoms with E-state index in [0.29, 0.717) is 16.5 Å². The van der Waals surface area contributed by atoms with E-state index in [1.807, 2.05) is 0 Å². The largest absolute Gasteiger partial charge is 0.431 e. The van der Waals surface area contributed by atoms with E-state index in [2.05, 4.69) is 4.98 Å². The zero-order chi connectivity index (χ0) is 12.6. The number of aromatic nitrogens is 1. The molecule has 2 nitrogen and oxygen atoms in total. The van der Waals surface area contributed by atoms with E-state index in [0.717, 1.165) is 0 Å². The molecule has 1 N–H and O–H groups in total. The van der Waals surface area contributed by atoms with Crippen LogP contribution in [0, 0.1) is 0 Å². The van der Waals surface area contributed by atoms with Crippen LogP contribution >= 0.6 is 0 Å². The van der Waals surface area contributed by atoms with Crippen molar-refractivity contribution in [1.82, 2.24) is 9.88 Å². The van der Waals surface area contributed by atoms with Gasteiger partial charge in [-0.15, -0.1) is 0 Å². The van der Waals surface area contributed by atoms with Crippen LogP contribution in [0.5, 0.6) is 0 Å². The second-order valence-corrected chi connectivity index (χ2v) is 4.26. The topological polar surface area (TPSA) is 19.0 Å². The van der Waals surface area contributed by atoms with Crippen molar-refractivity contribution in [3.63, 3.8) is 0 Å². The van der Waals surface area contributed by atoms with Crippen LogP contribution in [0.3, 0.4) is 0 Å². The molecule has 2 aromatic rings. The number of hydrogen-bond donors (Lipinski definition) is 1. The molecule has 0 saturated heterocycles. The number of rotatable bonds is 2. The Balaban J connectivity index is 2.65. The fourth-order valence-electron chi connectivity index (χ4n) is 1.92. The summed E-state index contributed by atoms with van der Waals surface area (Å²) in [6.45, 7) is 0.263. The summed E-state index contributed by atoms with van der Waals surface area (Å²) < 4.78 is 38.7. The molecule has 0 saturated carbocycles. The Labute approximate surface area is 97.0 Å². The molecule has 0 fully saturated rings. The van der Waals surface area contributed by atoms with E-state index < -0.39 is 11.9 Å². The Kier molecular flexibility index (Phi) is 2.87. The number of fused-ring (bicyclic) bond motifs is 1. The SMILES string of the molecule is CN(C)Cc1c(C(F)(F)F)[nH]c2ccccc12. The Hall–Kier alpha value is -1.49. The highest BCUT2D eigenvalue weighted by molar-refractivity contribution is 5.84. The van der Waals surface area contributed by atoms with Gasteiger partial charge >= 0.3 is 6.18 Å². The second kappa shape index (κ2) is 4.07. The summed E-state index contributed by atoms with van der Waals surface area (Å²) in [6, 6.07) is 6.83. The standard InChI is InChI=1S/C12H13F3N2/c1-17(2)7-9-8-5-3-4-6-10(8)16-11(9)12(13,14)15/h3-6,16H,7H2,1-2H3. The Morgan fingerprint density at radius 1 is 1.18 bits per heavy atom. The summed E-state index contributed by atoms with van der Waals surface area (Å²) in [5.74, 6) is 0. The normalized spacial score (nSPS) is 12.6. The van der Waals surface area contributed by atoms with Crippen molar-refractivity contribution in [1.29, 1.82) is 0 Å². The predicted octanol–water partition coefficient (Wildman–Crippen LogP) is 3.25. The number of nitrogens with zero attached hydrogens (tertiary/aromatic N) is 1. The third-order valence-corrected chi connectivity index (χ3v) is 2.57. The number of para-hydroxylation sites is 1. The van der Waals surface area contributed by atoms with Crippen LogP contribution < -0.4 is 0 Å². The first-order valence-corrected chi connectivity index (χ1v) is 5.21. The van der Waals surface area contributed by atoms with E-state index in [1.165, 1.54) is 0 Å². The Morgan fingerprint density at radius 2 is 1.82 bits per heavy atom. The molecule has 0 atom stereocenters. The monoisotopic (exact) mass is 242 g/mol. The fraction of sp³-hybridized carbons (Fsp3) is 0.333. The lowest BCUT2D eigenvalue weighted by Gasteiger charge is -2.12. The van der Waals surface area contributed by atoms with Crippen molar-refractivity contribution in [2.24, 2.45) is 0 Å². The fourth-order valence-corrected chi connectivity index (χ4v) is 1.92. The van der Waals surface area contributed by atoms with Crippen molar-refractivity contribution in [3.05, 3.63) is 35.5 Å². The van der Waals surface area contributed by atoms with Gasteiger partial charge in [-0.05, 0) is 20.2 Å². The summed E-state index contributed by atoms with van der Waals surface area (Å²) in [4.78, 5) is 4.18. The van der Waals surface area contributed by atoms with Crippen molar-refractivity contribution < 1.29 is 13.2 Å². The molecule has 0 bridgehead atoms. The van der Waals surface area contributed by atoms with Crippen molar-refractivity contribution in [2.45, 2.75) is 12.7 Å². The summed E-state index contributed by atoms with van der Waals surface area (Å²) >= 11 is 0. The van der Waals surface area contributed by atoms with E-state index in [1.54, 1.807) is 43.3 Å². The molecule has 0 spiro atoms. The number of aromatic amines is 1. The summed E-state index contributed by atoms with van der Waals surface area (Å²) in [7, 11) is 3.50. The maximum atomic E-state index is 12.9. The van der Waals surface area contributed by atoms with Crippen LogP contribution in [0.15, 0.2) is 24.3 Å². The first-order chi connectivity index (χ1) is 7.89. The maximum absolute atomic E-state index is 12.9. The zero-order valence-corrected chi connectivity index (χ0v) is 9.60. The van der Waals surface area contributed by atoms with Crippen LogP contribution in [0.2, 0.25) is 0 Å². The number of H-pyrrole nitrogens is 1. The molecule has 1 heterocycles. The lowest BCUT2D eigenvalue weighted by atomic mass is 10.1. The maximum Gasteiger partial charge on any atom is 0.431 e. The molecule has 1 aromatic carbocycles. The molecule has 0 radical (unpaired) electrons. The van der Waals surface area contributed by atoms with Gasteiger partial charge in [-0.2, -0.15) is 13.2 Å². The molecular weight excluding hydrogens is 229 g/mol. The second-order valence-electron chi connectivity index (χ2n) is 4.26. The third-order valence-electron chi connectivity index (χ3n) is 2.57. The van der Waals surface area contributed by atoms with Crippen LogP contribution in [-0.2, 0) is 12.7 Å². The first-order valence-electron chi connectivity index (χ1n) is 5.21. The minimum Gasteiger partial charge on any atom is -0.351 e. The van der Waals surface area contributed by atoms with Gasteiger partial charge in [-0.25, -0.2) is 0 Å². The van der Waals surface area contributed by atoms with Gasteiger partial charge < -0.3 is 9.88 Å². The molecule has 0 amide bonds. The molecule has 92 valence electrons. The van der Waals surface area contributed by atoms with Gasteiger partial charge in [0.25, 0.3) is 0 Å². The molecule has 0 aliphatic heterocycles. The predicted molar refractivity (Wildman–Crippen MR) is 60.7 cm³/mol. The zero-order valence-electron chi connectivity index (χ0n) is 9.60. The highest BCUT2D eigenvalue weighted by Crippen LogP contribution is 2.35. The molecule has 1 aromatic heterocycles. The number of hydrogen-bond acceptors (Lipinski definition) is 1. The lowest BCUT2D eigenvalue weighted by Crippen LogP contribution is -2.15. The molecule has 0 aliphatic carbocycles. The van der Waals surface area contributed by atoms with Crippen molar-refractivity contribution >= 4 is 10.9 Å². The van der Waals surface area contributed by atoms with E-state index in [9.17, 15) is 13.2 Å². The van der Waals surface area contributed by atoms with Gasteiger partial charge in [-0.3, -0.25) is 0 Å². The number of benzene rings is 1. The number of halogens is 3. The average Bonchev–Trinajstić information content (AvgIpc) is 2.56. The lowest BCUT2D eigenvalue weighted by molar-refractivity contribution is -0.141. The summed E-state index contributed by atoms with van der Waals surface area (Å²) in [5, 5.41) is 0.633. The van der Waals surface area contributed by atoms with Crippen LogP contribution in [-0.4, -0.2) is 24.0 Å². The van der Waals surface area contributed by atoms with Gasteiger partial charge in [0, 0.05) is 23.0 Å². The highest BCUT2D eigenvalue weighted by Gasteiger charge is 2.36. The van der Waals surface area contributed by atoms with Gasteiger partial charge in [-0.1, -0.05) is 18.2 Å². The Bertz CT molecular complexity index is 526. The molecule has 5 heteroatoms. The van der Waals surface area contributed by atoms with Gasteiger partial charge in [0.05, 0.1) is 0 Å². The van der Waals surface area contributed by atoms with Crippen molar-refractivity contribution in [2.75, 3.05) is 14.1 Å². The minimum absolute atomic E-state index is 0.263. The van der Waals surface area contributed by atoms with E-state index >= 15 is 0 Å². The molecule has 17 heavy (non-hydrogen) atoms. The van der Waals surface area contributed by atoms with Crippen molar-refractivity contribution in [3.8, 4) is 0 Å². The Morgan fingerprint density at radius 3 is 2.41 bits per heavy atom. The van der Waals surface area contributed by atoms with Gasteiger partial charge in [0.2, 0.25) is 0 Å².